The topological polar surface area (TPSA) is 180 Å². The van der Waals surface area contributed by atoms with Gasteiger partial charge in [-0.05, 0) is 41.8 Å². The Bertz CT molecular complexity index is 2020. The average Bonchev–Trinajstić information content (AvgIpc) is 3.76. The number of aromatic nitrogens is 4. The summed E-state index contributed by atoms with van der Waals surface area (Å²) in [6, 6.07) is 18.9. The van der Waals surface area contributed by atoms with Crippen LogP contribution in [0.1, 0.15) is 35.7 Å². The normalized spacial score (nSPS) is 16.5. The van der Waals surface area contributed by atoms with E-state index in [2.05, 4.69) is 20.6 Å². The van der Waals surface area contributed by atoms with E-state index in [1.165, 1.54) is 23.1 Å². The lowest BCUT2D eigenvalue weighted by Gasteiger charge is -2.27. The number of carbonyl (C=O) groups excluding carboxylic acids is 2. The Balaban J connectivity index is 1.18. The summed E-state index contributed by atoms with van der Waals surface area (Å²) in [5.41, 5.74) is 2.00. The Hall–Kier alpha value is -5.66. The van der Waals surface area contributed by atoms with Crippen LogP contribution in [0, 0.1) is 16.0 Å². The molecule has 2 amide bonds. The third-order valence-electron chi connectivity index (χ3n) is 8.60. The van der Waals surface area contributed by atoms with Crippen LogP contribution in [-0.2, 0) is 41.1 Å². The monoisotopic (exact) mass is 649 g/mol. The first kappa shape index (κ1) is 32.3. The molecule has 2 atom stereocenters. The van der Waals surface area contributed by atoms with Crippen LogP contribution in [0.2, 0.25) is 0 Å². The minimum atomic E-state index is -2.05. The summed E-state index contributed by atoms with van der Waals surface area (Å²) >= 11 is 0. The molecule has 3 heterocycles. The largest absolute Gasteiger partial charge is 0.396 e. The van der Waals surface area contributed by atoms with Gasteiger partial charge < -0.3 is 25.4 Å². The van der Waals surface area contributed by atoms with Crippen molar-refractivity contribution >= 4 is 39.8 Å². The molecule has 3 aromatic carbocycles. The minimum absolute atomic E-state index is 0.0200. The van der Waals surface area contributed by atoms with Crippen LogP contribution in [0.25, 0.3) is 10.9 Å². The number of aromatic amines is 1. The highest BCUT2D eigenvalue weighted by Crippen LogP contribution is 2.47. The van der Waals surface area contributed by atoms with E-state index in [0.717, 1.165) is 16.5 Å². The van der Waals surface area contributed by atoms with Crippen molar-refractivity contribution in [3.8, 4) is 0 Å². The molecular weight excluding hydrogens is 614 g/mol. The number of para-hydroxylation sites is 1. The Morgan fingerprint density at radius 3 is 2.81 bits per heavy atom. The Kier molecular flexibility index (Phi) is 9.15. The molecule has 2 aromatic heterocycles. The predicted molar refractivity (Wildman–Crippen MR) is 179 cm³/mol. The molecule has 0 bridgehead atoms. The van der Waals surface area contributed by atoms with Gasteiger partial charge in [0.1, 0.15) is 0 Å². The molecule has 1 aliphatic rings. The Morgan fingerprint density at radius 1 is 1.17 bits per heavy atom. The fourth-order valence-electron chi connectivity index (χ4n) is 6.11. The number of carbonyl (C=O) groups is 2. The molecule has 246 valence electrons. The number of anilines is 2. The van der Waals surface area contributed by atoms with Crippen molar-refractivity contribution in [3.05, 3.63) is 124 Å². The summed E-state index contributed by atoms with van der Waals surface area (Å²) in [7, 11) is 0. The second-order valence-electron chi connectivity index (χ2n) is 11.9. The van der Waals surface area contributed by atoms with E-state index in [1.54, 1.807) is 42.1 Å². The highest BCUT2D eigenvalue weighted by molar-refractivity contribution is 6.07. The quantitative estimate of drug-likeness (QED) is 0.0823. The molecule has 0 fully saturated rings. The maximum Gasteiger partial charge on any atom is 0.269 e. The lowest BCUT2D eigenvalue weighted by atomic mass is 9.82. The predicted octanol–water partition coefficient (Wildman–Crippen LogP) is 4.40. The van der Waals surface area contributed by atoms with Gasteiger partial charge in [0.05, 0.1) is 29.3 Å². The van der Waals surface area contributed by atoms with Crippen molar-refractivity contribution in [2.45, 2.75) is 44.9 Å². The van der Waals surface area contributed by atoms with E-state index in [9.17, 15) is 24.8 Å². The smallest absolute Gasteiger partial charge is 0.269 e. The number of fused-ring (bicyclic) bond motifs is 2. The number of nitro groups is 1. The second kappa shape index (κ2) is 13.6. The van der Waals surface area contributed by atoms with Gasteiger partial charge in [0.15, 0.2) is 5.60 Å². The standard InChI is InChI=1S/C35H35N7O6/c1-23(7-4-5-15-40-22-27(14-16-43)38-39-40)35(46)30-19-28(42(47)48)12-13-32(30)41(34(35)45)21-24-8-6-9-26(17-24)37-33(44)18-25-20-36-31-11-3-2-10-29(25)31/h2-4,6-13,17,19-20,22-23,36,43,46H,5,14-16,18,21H2,1H3,(H,37,44)/b7-4+/t23-,35+/m0/s1. The van der Waals surface area contributed by atoms with Gasteiger partial charge in [0, 0.05) is 72.2 Å². The summed E-state index contributed by atoms with van der Waals surface area (Å²) in [6.45, 7) is 2.24. The van der Waals surface area contributed by atoms with Crippen LogP contribution in [0.5, 0.6) is 0 Å². The van der Waals surface area contributed by atoms with Crippen LogP contribution >= 0.6 is 0 Å². The second-order valence-corrected chi connectivity index (χ2v) is 11.9. The molecule has 5 aromatic rings. The molecule has 4 N–H and O–H groups in total. The van der Waals surface area contributed by atoms with Crippen molar-refractivity contribution in [2.24, 2.45) is 5.92 Å². The number of nitrogens with one attached hydrogen (secondary N) is 2. The van der Waals surface area contributed by atoms with Crippen molar-refractivity contribution in [3.63, 3.8) is 0 Å². The van der Waals surface area contributed by atoms with Crippen LogP contribution in [0.3, 0.4) is 0 Å². The van der Waals surface area contributed by atoms with Crippen LogP contribution in [-0.4, -0.2) is 53.5 Å². The summed E-state index contributed by atoms with van der Waals surface area (Å²) < 4.78 is 1.65. The average molecular weight is 650 g/mol. The van der Waals surface area contributed by atoms with Gasteiger partial charge in [-0.2, -0.15) is 0 Å². The number of rotatable bonds is 13. The first-order chi connectivity index (χ1) is 23.2. The van der Waals surface area contributed by atoms with E-state index in [1.807, 2.05) is 42.6 Å². The molecule has 6 rings (SSSR count). The molecule has 0 spiro atoms. The fraction of sp³-hybridized carbons (Fsp3) is 0.257. The third-order valence-corrected chi connectivity index (χ3v) is 8.60. The van der Waals surface area contributed by atoms with Gasteiger partial charge >= 0.3 is 0 Å². The molecule has 0 aliphatic carbocycles. The van der Waals surface area contributed by atoms with E-state index < -0.39 is 22.3 Å². The zero-order valence-corrected chi connectivity index (χ0v) is 26.2. The summed E-state index contributed by atoms with van der Waals surface area (Å²) in [6.07, 6.45) is 8.23. The lowest BCUT2D eigenvalue weighted by molar-refractivity contribution is -0.385. The molecule has 0 saturated heterocycles. The number of nitrogens with zero attached hydrogens (tertiary/aromatic N) is 5. The van der Waals surface area contributed by atoms with Crippen molar-refractivity contribution in [1.82, 2.24) is 20.0 Å². The molecular formula is C35H35N7O6. The fourth-order valence-corrected chi connectivity index (χ4v) is 6.11. The van der Waals surface area contributed by atoms with E-state index >= 15 is 0 Å². The number of H-pyrrole nitrogens is 1. The Morgan fingerprint density at radius 2 is 2.00 bits per heavy atom. The highest BCUT2D eigenvalue weighted by Gasteiger charge is 2.53. The number of aliphatic hydroxyl groups is 2. The van der Waals surface area contributed by atoms with Crippen LogP contribution < -0.4 is 10.2 Å². The number of hydrogen-bond donors (Lipinski definition) is 4. The minimum Gasteiger partial charge on any atom is -0.396 e. The highest BCUT2D eigenvalue weighted by atomic mass is 16.6. The number of benzene rings is 3. The number of hydrogen-bond acceptors (Lipinski definition) is 8. The molecule has 1 aliphatic heterocycles. The third kappa shape index (κ3) is 6.46. The molecule has 0 saturated carbocycles. The van der Waals surface area contributed by atoms with Crippen molar-refractivity contribution < 1.29 is 24.7 Å². The van der Waals surface area contributed by atoms with Gasteiger partial charge in [-0.15, -0.1) is 5.10 Å². The first-order valence-electron chi connectivity index (χ1n) is 15.6. The first-order valence-corrected chi connectivity index (χ1v) is 15.6. The van der Waals surface area contributed by atoms with E-state index in [0.29, 0.717) is 42.0 Å². The molecule has 0 radical (unpaired) electrons. The maximum atomic E-state index is 14.0. The number of nitro benzene ring substituents is 1. The number of aliphatic hydroxyl groups excluding tert-OH is 1. The van der Waals surface area contributed by atoms with E-state index in [4.69, 9.17) is 5.11 Å². The maximum absolute atomic E-state index is 14.0. The van der Waals surface area contributed by atoms with Crippen LogP contribution in [0.15, 0.2) is 91.3 Å². The van der Waals surface area contributed by atoms with Gasteiger partial charge in [-0.1, -0.05) is 54.6 Å². The van der Waals surface area contributed by atoms with Crippen molar-refractivity contribution in [1.29, 1.82) is 0 Å². The van der Waals surface area contributed by atoms with Crippen LogP contribution in [0.4, 0.5) is 17.1 Å². The number of amides is 2. The SMILES string of the molecule is C[C@@H](/C=C/CCn1cc(CCO)nn1)[C@]1(O)C(=O)N(Cc2cccc(NC(=O)Cc3c[nH]c4ccccc34)c2)c2ccc([N+](=O)[O-])cc21. The van der Waals surface area contributed by atoms with Gasteiger partial charge in [-0.25, -0.2) is 0 Å². The molecule has 13 heteroatoms. The van der Waals surface area contributed by atoms with Crippen molar-refractivity contribution in [2.75, 3.05) is 16.8 Å². The summed E-state index contributed by atoms with van der Waals surface area (Å²) in [4.78, 5) is 42.7. The number of allylic oxidation sites excluding steroid dienone is 1. The zero-order chi connectivity index (χ0) is 33.8. The number of aryl methyl sites for hydroxylation is 1. The molecule has 0 unspecified atom stereocenters. The van der Waals surface area contributed by atoms with Gasteiger partial charge in [-0.3, -0.25) is 24.4 Å². The lowest BCUT2D eigenvalue weighted by Crippen LogP contribution is -2.44. The molecule has 13 nitrogen and oxygen atoms in total. The summed E-state index contributed by atoms with van der Waals surface area (Å²) in [5, 5.41) is 44.7. The molecule has 48 heavy (non-hydrogen) atoms. The van der Waals surface area contributed by atoms with Gasteiger partial charge in [0.25, 0.3) is 11.6 Å². The van der Waals surface area contributed by atoms with Gasteiger partial charge in [0.2, 0.25) is 5.91 Å². The summed E-state index contributed by atoms with van der Waals surface area (Å²) in [5.74, 6) is -1.53. The van der Waals surface area contributed by atoms with E-state index in [-0.39, 0.29) is 36.7 Å². The Labute approximate surface area is 275 Å². The number of non-ortho nitro benzene ring substituents is 1. The zero-order valence-electron chi connectivity index (χ0n) is 26.2.